The van der Waals surface area contributed by atoms with E-state index >= 15 is 0 Å². The maximum absolute atomic E-state index is 13.9. The molecular formula is C31H34FN3O4. The van der Waals surface area contributed by atoms with E-state index in [1.165, 1.54) is 12.1 Å². The van der Waals surface area contributed by atoms with Crippen LogP contribution in [-0.2, 0) is 4.74 Å². The minimum Gasteiger partial charge on any atom is -0.496 e. The zero-order chi connectivity index (χ0) is 27.6. The van der Waals surface area contributed by atoms with Crippen LogP contribution in [0.3, 0.4) is 0 Å². The minimum atomic E-state index is -0.397. The van der Waals surface area contributed by atoms with Crippen LogP contribution in [0.4, 0.5) is 20.6 Å². The van der Waals surface area contributed by atoms with Crippen molar-refractivity contribution in [3.8, 4) is 22.6 Å². The molecule has 3 aromatic rings. The summed E-state index contributed by atoms with van der Waals surface area (Å²) in [5.74, 6) is 0.755. The van der Waals surface area contributed by atoms with E-state index in [-0.39, 0.29) is 11.4 Å². The van der Waals surface area contributed by atoms with Gasteiger partial charge in [0, 0.05) is 48.2 Å². The normalized spacial score (nSPS) is 16.0. The molecule has 3 aromatic carbocycles. The van der Waals surface area contributed by atoms with E-state index in [1.54, 1.807) is 30.2 Å². The molecule has 5 rings (SSSR count). The zero-order valence-corrected chi connectivity index (χ0v) is 22.8. The van der Waals surface area contributed by atoms with Gasteiger partial charge >= 0.3 is 6.09 Å². The van der Waals surface area contributed by atoms with Crippen LogP contribution in [0.1, 0.15) is 25.0 Å². The summed E-state index contributed by atoms with van der Waals surface area (Å²) < 4.78 is 30.5. The third kappa shape index (κ3) is 6.01. The largest absolute Gasteiger partial charge is 0.496 e. The molecule has 204 valence electrons. The quantitative estimate of drug-likeness (QED) is 0.387. The van der Waals surface area contributed by atoms with Gasteiger partial charge in [0.2, 0.25) is 0 Å². The van der Waals surface area contributed by atoms with Gasteiger partial charge in [-0.05, 0) is 73.9 Å². The van der Waals surface area contributed by atoms with Gasteiger partial charge in [0.05, 0.1) is 25.9 Å². The Balaban J connectivity index is 1.41. The minimum absolute atomic E-state index is 0.244. The van der Waals surface area contributed by atoms with Gasteiger partial charge in [0.1, 0.15) is 17.3 Å². The highest BCUT2D eigenvalue weighted by Gasteiger charge is 2.25. The molecule has 0 bridgehead atoms. The molecular weight excluding hydrogens is 497 g/mol. The highest BCUT2D eigenvalue weighted by Crippen LogP contribution is 2.40. The van der Waals surface area contributed by atoms with E-state index in [0.717, 1.165) is 39.2 Å². The number of halogens is 1. The second-order valence-electron chi connectivity index (χ2n) is 10.4. The Morgan fingerprint density at radius 1 is 1.08 bits per heavy atom. The summed E-state index contributed by atoms with van der Waals surface area (Å²) in [5.41, 5.74) is 6.54. The average molecular weight is 532 g/mol. The number of amides is 1. The summed E-state index contributed by atoms with van der Waals surface area (Å²) in [6.07, 6.45) is 1.80. The van der Waals surface area contributed by atoms with Gasteiger partial charge in [-0.25, -0.2) is 9.18 Å². The number of aryl methyl sites for hydroxylation is 1. The van der Waals surface area contributed by atoms with E-state index in [4.69, 9.17) is 14.2 Å². The highest BCUT2D eigenvalue weighted by molar-refractivity contribution is 5.87. The van der Waals surface area contributed by atoms with Gasteiger partial charge < -0.3 is 29.7 Å². The molecule has 7 nitrogen and oxygen atoms in total. The Morgan fingerprint density at radius 2 is 1.87 bits per heavy atom. The number of hydrogen-bond acceptors (Lipinski definition) is 6. The summed E-state index contributed by atoms with van der Waals surface area (Å²) >= 11 is 0. The molecule has 0 radical (unpaired) electrons. The van der Waals surface area contributed by atoms with Crippen molar-refractivity contribution in [3.05, 3.63) is 77.6 Å². The first-order chi connectivity index (χ1) is 18.7. The van der Waals surface area contributed by atoms with Crippen molar-refractivity contribution in [2.24, 2.45) is 0 Å². The molecule has 0 aromatic heterocycles. The average Bonchev–Trinajstić information content (AvgIpc) is 2.93. The number of rotatable bonds is 6. The fraction of sp³-hybridized carbons (Fsp3) is 0.323. The van der Waals surface area contributed by atoms with Gasteiger partial charge in [-0.15, -0.1) is 0 Å². The SMILES string of the molecule is COc1cc(OC(=O)N2CCOCC2)ccc1-c1ccc2c(c1)C(CNc1cc(F)ccc1C)=CC(C)(C)N2. The van der Waals surface area contributed by atoms with E-state index in [1.807, 2.05) is 19.1 Å². The smallest absolute Gasteiger partial charge is 0.415 e. The lowest BCUT2D eigenvalue weighted by Gasteiger charge is -2.33. The summed E-state index contributed by atoms with van der Waals surface area (Å²) in [6.45, 7) is 8.79. The molecule has 0 saturated carbocycles. The first-order valence-corrected chi connectivity index (χ1v) is 13.1. The molecule has 0 unspecified atom stereocenters. The Hall–Kier alpha value is -4.04. The van der Waals surface area contributed by atoms with Crippen LogP contribution in [0.2, 0.25) is 0 Å². The first-order valence-electron chi connectivity index (χ1n) is 13.1. The van der Waals surface area contributed by atoms with Crippen LogP contribution in [0.15, 0.2) is 60.7 Å². The van der Waals surface area contributed by atoms with Crippen LogP contribution in [0, 0.1) is 12.7 Å². The Labute approximate surface area is 228 Å². The lowest BCUT2D eigenvalue weighted by Crippen LogP contribution is -2.42. The predicted molar refractivity (Wildman–Crippen MR) is 152 cm³/mol. The number of ether oxygens (including phenoxy) is 3. The van der Waals surface area contributed by atoms with E-state index in [9.17, 15) is 9.18 Å². The van der Waals surface area contributed by atoms with Crippen LogP contribution in [0.25, 0.3) is 16.7 Å². The van der Waals surface area contributed by atoms with Gasteiger partial charge in [0.15, 0.2) is 0 Å². The summed E-state index contributed by atoms with van der Waals surface area (Å²) in [5, 5.41) is 7.00. The Kier molecular flexibility index (Phi) is 7.48. The lowest BCUT2D eigenvalue weighted by atomic mass is 9.88. The van der Waals surface area contributed by atoms with Crippen molar-refractivity contribution in [1.29, 1.82) is 0 Å². The van der Waals surface area contributed by atoms with E-state index < -0.39 is 6.09 Å². The number of hydrogen-bond donors (Lipinski definition) is 2. The Bertz CT molecular complexity index is 1410. The van der Waals surface area contributed by atoms with Crippen molar-refractivity contribution in [3.63, 3.8) is 0 Å². The van der Waals surface area contributed by atoms with E-state index in [0.29, 0.717) is 44.3 Å². The van der Waals surface area contributed by atoms with Crippen molar-refractivity contribution >= 4 is 23.0 Å². The van der Waals surface area contributed by atoms with Crippen molar-refractivity contribution in [2.45, 2.75) is 26.3 Å². The summed E-state index contributed by atoms with van der Waals surface area (Å²) in [6, 6.07) is 16.4. The van der Waals surface area contributed by atoms with Gasteiger partial charge in [-0.3, -0.25) is 0 Å². The number of morpholine rings is 1. The third-order valence-corrected chi connectivity index (χ3v) is 6.98. The topological polar surface area (TPSA) is 72.1 Å². The third-order valence-electron chi connectivity index (χ3n) is 6.98. The van der Waals surface area contributed by atoms with Crippen LogP contribution in [-0.4, -0.2) is 56.5 Å². The summed E-state index contributed by atoms with van der Waals surface area (Å²) in [4.78, 5) is 14.2. The number of carbonyl (C=O) groups excluding carboxylic acids is 1. The molecule has 2 aliphatic rings. The molecule has 0 aliphatic carbocycles. The molecule has 2 heterocycles. The second-order valence-corrected chi connectivity index (χ2v) is 10.4. The number of nitrogens with one attached hydrogen (secondary N) is 2. The van der Waals surface area contributed by atoms with Crippen LogP contribution < -0.4 is 20.1 Å². The number of anilines is 2. The van der Waals surface area contributed by atoms with E-state index in [2.05, 4.69) is 42.7 Å². The zero-order valence-electron chi connectivity index (χ0n) is 22.8. The molecule has 2 N–H and O–H groups in total. The number of methoxy groups -OCH3 is 1. The monoisotopic (exact) mass is 531 g/mol. The number of benzene rings is 3. The predicted octanol–water partition coefficient (Wildman–Crippen LogP) is 6.34. The van der Waals surface area contributed by atoms with Crippen molar-refractivity contribution in [1.82, 2.24) is 4.90 Å². The number of carbonyl (C=O) groups is 1. The first kappa shape index (κ1) is 26.6. The van der Waals surface area contributed by atoms with Crippen LogP contribution >= 0.6 is 0 Å². The van der Waals surface area contributed by atoms with Crippen LogP contribution in [0.5, 0.6) is 11.5 Å². The standard InChI is InChI=1S/C31H34FN3O4/c1-20-5-7-23(32)16-28(20)33-19-22-18-31(2,3)34-27-10-6-21(15-26(22)27)25-9-8-24(17-29(25)37-4)39-30(36)35-11-13-38-14-12-35/h5-10,15-18,33-34H,11-14,19H2,1-4H3. The van der Waals surface area contributed by atoms with Crippen molar-refractivity contribution in [2.75, 3.05) is 50.6 Å². The van der Waals surface area contributed by atoms with Gasteiger partial charge in [0.25, 0.3) is 0 Å². The van der Waals surface area contributed by atoms with Gasteiger partial charge in [-0.2, -0.15) is 0 Å². The fourth-order valence-corrected chi connectivity index (χ4v) is 4.99. The maximum atomic E-state index is 13.9. The van der Waals surface area contributed by atoms with Gasteiger partial charge in [-0.1, -0.05) is 18.2 Å². The molecule has 0 spiro atoms. The number of fused-ring (bicyclic) bond motifs is 1. The van der Waals surface area contributed by atoms with Crippen molar-refractivity contribution < 1.29 is 23.4 Å². The molecule has 2 aliphatic heterocycles. The molecule has 0 atom stereocenters. The highest BCUT2D eigenvalue weighted by atomic mass is 19.1. The molecule has 1 fully saturated rings. The Morgan fingerprint density at radius 3 is 2.64 bits per heavy atom. The molecule has 1 saturated heterocycles. The lowest BCUT2D eigenvalue weighted by molar-refractivity contribution is 0.0416. The second kappa shape index (κ2) is 11.0. The maximum Gasteiger partial charge on any atom is 0.415 e. The summed E-state index contributed by atoms with van der Waals surface area (Å²) in [7, 11) is 1.60. The molecule has 1 amide bonds. The number of nitrogens with zero attached hydrogens (tertiary/aromatic N) is 1. The molecule has 8 heteroatoms. The fourth-order valence-electron chi connectivity index (χ4n) is 4.99. The molecule has 39 heavy (non-hydrogen) atoms.